The third-order valence-corrected chi connectivity index (χ3v) is 8.12. The molecule has 5 rings (SSSR count). The molecule has 1 atom stereocenters. The lowest BCUT2D eigenvalue weighted by Crippen LogP contribution is -2.40. The summed E-state index contributed by atoms with van der Waals surface area (Å²) in [7, 11) is 0. The average Bonchev–Trinajstić information content (AvgIpc) is 3.73. The van der Waals surface area contributed by atoms with Gasteiger partial charge in [-0.2, -0.15) is 5.26 Å². The highest BCUT2D eigenvalue weighted by molar-refractivity contribution is 6.35. The van der Waals surface area contributed by atoms with Crippen molar-refractivity contribution in [2.75, 3.05) is 31.5 Å². The Morgan fingerprint density at radius 3 is 2.32 bits per heavy atom. The summed E-state index contributed by atoms with van der Waals surface area (Å²) in [6, 6.07) is 23.2. The van der Waals surface area contributed by atoms with Crippen molar-refractivity contribution in [1.29, 1.82) is 5.26 Å². The van der Waals surface area contributed by atoms with Crippen molar-refractivity contribution in [2.24, 2.45) is 11.8 Å². The van der Waals surface area contributed by atoms with Crippen LogP contribution in [0.1, 0.15) is 42.7 Å². The molecule has 0 radical (unpaired) electrons. The second-order valence-electron chi connectivity index (χ2n) is 10.5. The Hall–Kier alpha value is -3.04. The Bertz CT molecular complexity index is 1290. The number of likely N-dealkylation sites (tertiary alicyclic amines) is 1. The molecule has 1 heterocycles. The Morgan fingerprint density at radius 2 is 1.66 bits per heavy atom. The molecule has 2 aliphatic rings. The number of carbonyl (C=O) groups excluding carboxylic acids is 1. The molecule has 0 spiro atoms. The van der Waals surface area contributed by atoms with Crippen LogP contribution in [-0.2, 0) is 0 Å². The predicted octanol–water partition coefficient (Wildman–Crippen LogP) is 7.56. The quantitative estimate of drug-likeness (QED) is 0.306. The van der Waals surface area contributed by atoms with Gasteiger partial charge in [-0.15, -0.1) is 0 Å². The van der Waals surface area contributed by atoms with E-state index in [2.05, 4.69) is 45.9 Å². The number of carbonyl (C=O) groups is 1. The predicted molar refractivity (Wildman–Crippen MR) is 155 cm³/mol. The van der Waals surface area contributed by atoms with E-state index in [-0.39, 0.29) is 11.9 Å². The molecule has 1 unspecified atom stereocenters. The second-order valence-corrected chi connectivity index (χ2v) is 11.4. The number of hydrogen-bond donors (Lipinski definition) is 2. The molecule has 2 amide bonds. The number of nitrogens with one attached hydrogen (secondary N) is 2. The molecule has 0 aromatic heterocycles. The van der Waals surface area contributed by atoms with Crippen molar-refractivity contribution >= 4 is 34.9 Å². The fourth-order valence-electron chi connectivity index (χ4n) is 5.46. The van der Waals surface area contributed by atoms with Crippen LogP contribution in [0.2, 0.25) is 10.0 Å². The second kappa shape index (κ2) is 12.2. The fourth-order valence-corrected chi connectivity index (χ4v) is 5.98. The van der Waals surface area contributed by atoms with E-state index in [4.69, 9.17) is 23.2 Å². The molecule has 3 aromatic rings. The summed E-state index contributed by atoms with van der Waals surface area (Å²) >= 11 is 12.2. The van der Waals surface area contributed by atoms with E-state index < -0.39 is 0 Å². The topological polar surface area (TPSA) is 68.2 Å². The smallest absolute Gasteiger partial charge is 0.319 e. The van der Waals surface area contributed by atoms with E-state index in [1.165, 1.54) is 24.9 Å². The van der Waals surface area contributed by atoms with Crippen LogP contribution in [0.15, 0.2) is 66.7 Å². The molecule has 2 fully saturated rings. The van der Waals surface area contributed by atoms with Crippen LogP contribution in [0.5, 0.6) is 0 Å². The largest absolute Gasteiger partial charge is 0.337 e. The molecule has 0 bridgehead atoms. The Labute approximate surface area is 234 Å². The standard InChI is InChI=1S/C31H32Cl2N4O/c32-27-15-28(33)17-29(16-27)36-31(38)35-19-30(25-10-12-37(13-11-25)20-21-4-5-21)24-8-6-23(7-9-24)26-3-1-2-22(14-26)18-34/h1-3,6-9,14-17,21,25,30H,4-5,10-13,19-20H2,(H2,35,36,38). The molecule has 2 N–H and O–H groups in total. The summed E-state index contributed by atoms with van der Waals surface area (Å²) < 4.78 is 0. The molecular weight excluding hydrogens is 515 g/mol. The van der Waals surface area contributed by atoms with Gasteiger partial charge in [-0.3, -0.25) is 0 Å². The number of nitriles is 1. The maximum Gasteiger partial charge on any atom is 0.319 e. The highest BCUT2D eigenvalue weighted by Crippen LogP contribution is 2.36. The molecule has 5 nitrogen and oxygen atoms in total. The van der Waals surface area contributed by atoms with Crippen LogP contribution in [-0.4, -0.2) is 37.1 Å². The first-order valence-electron chi connectivity index (χ1n) is 13.3. The number of nitrogens with zero attached hydrogens (tertiary/aromatic N) is 2. The highest BCUT2D eigenvalue weighted by atomic mass is 35.5. The van der Waals surface area contributed by atoms with Gasteiger partial charge in [-0.05, 0) is 97.6 Å². The average molecular weight is 548 g/mol. The Morgan fingerprint density at radius 1 is 0.947 bits per heavy atom. The minimum atomic E-state index is -0.274. The van der Waals surface area contributed by atoms with E-state index in [1.54, 1.807) is 18.2 Å². The molecule has 1 saturated carbocycles. The van der Waals surface area contributed by atoms with E-state index in [0.717, 1.165) is 43.0 Å². The zero-order chi connectivity index (χ0) is 26.5. The summed E-state index contributed by atoms with van der Waals surface area (Å²) in [5.74, 6) is 1.59. The van der Waals surface area contributed by atoms with Crippen molar-refractivity contribution in [3.8, 4) is 17.2 Å². The normalized spacial score (nSPS) is 17.0. The summed E-state index contributed by atoms with van der Waals surface area (Å²) in [4.78, 5) is 15.4. The number of hydrogen-bond acceptors (Lipinski definition) is 3. The summed E-state index contributed by atoms with van der Waals surface area (Å²) in [5, 5.41) is 16.2. The molecule has 1 aliphatic heterocycles. The van der Waals surface area contributed by atoms with Crippen molar-refractivity contribution < 1.29 is 4.79 Å². The lowest BCUT2D eigenvalue weighted by atomic mass is 9.79. The van der Waals surface area contributed by atoms with Gasteiger partial charge in [0.15, 0.2) is 0 Å². The van der Waals surface area contributed by atoms with Crippen LogP contribution in [0.4, 0.5) is 10.5 Å². The monoisotopic (exact) mass is 546 g/mol. The molecular formula is C31H32Cl2N4O. The van der Waals surface area contributed by atoms with Gasteiger partial charge in [-0.25, -0.2) is 4.79 Å². The first-order valence-corrected chi connectivity index (χ1v) is 14.1. The molecule has 3 aromatic carbocycles. The van der Waals surface area contributed by atoms with Crippen molar-refractivity contribution in [2.45, 2.75) is 31.6 Å². The lowest BCUT2D eigenvalue weighted by Gasteiger charge is -2.36. The number of anilines is 1. The number of rotatable bonds is 8. The molecule has 7 heteroatoms. The van der Waals surface area contributed by atoms with Gasteiger partial charge < -0.3 is 15.5 Å². The zero-order valence-corrected chi connectivity index (χ0v) is 22.8. The van der Waals surface area contributed by atoms with Crippen molar-refractivity contribution in [1.82, 2.24) is 10.2 Å². The van der Waals surface area contributed by atoms with Crippen molar-refractivity contribution in [3.05, 3.63) is 87.9 Å². The van der Waals surface area contributed by atoms with Gasteiger partial charge in [0.2, 0.25) is 0 Å². The summed E-state index contributed by atoms with van der Waals surface area (Å²) in [6.07, 6.45) is 5.00. The highest BCUT2D eigenvalue weighted by Gasteiger charge is 2.31. The van der Waals surface area contributed by atoms with Crippen LogP contribution < -0.4 is 10.6 Å². The van der Waals surface area contributed by atoms with E-state index in [9.17, 15) is 10.1 Å². The first-order chi connectivity index (χ1) is 18.5. The SMILES string of the molecule is N#Cc1cccc(-c2ccc(C(CNC(=O)Nc3cc(Cl)cc(Cl)c3)C3CCN(CC4CC4)CC3)cc2)c1. The lowest BCUT2D eigenvalue weighted by molar-refractivity contribution is 0.162. The van der Waals surface area contributed by atoms with Gasteiger partial charge in [0.1, 0.15) is 0 Å². The number of piperidine rings is 1. The summed E-state index contributed by atoms with van der Waals surface area (Å²) in [6.45, 7) is 4.00. The number of amides is 2. The third kappa shape index (κ3) is 7.08. The third-order valence-electron chi connectivity index (χ3n) is 7.68. The van der Waals surface area contributed by atoms with Crippen LogP contribution in [0.3, 0.4) is 0 Å². The fraction of sp³-hybridized carbons (Fsp3) is 0.355. The van der Waals surface area contributed by atoms with Gasteiger partial charge in [0.05, 0.1) is 11.6 Å². The van der Waals surface area contributed by atoms with Gasteiger partial charge >= 0.3 is 6.03 Å². The minimum Gasteiger partial charge on any atom is -0.337 e. The number of benzene rings is 3. The zero-order valence-electron chi connectivity index (χ0n) is 21.3. The van der Waals surface area contributed by atoms with Crippen LogP contribution in [0.25, 0.3) is 11.1 Å². The Balaban J connectivity index is 1.29. The summed E-state index contributed by atoms with van der Waals surface area (Å²) in [5.41, 5.74) is 4.54. The van der Waals surface area contributed by atoms with E-state index >= 15 is 0 Å². The number of urea groups is 1. The number of halogens is 2. The molecule has 1 aliphatic carbocycles. The van der Waals surface area contributed by atoms with E-state index in [1.807, 2.05) is 24.3 Å². The molecule has 38 heavy (non-hydrogen) atoms. The van der Waals surface area contributed by atoms with E-state index in [0.29, 0.717) is 33.8 Å². The minimum absolute atomic E-state index is 0.200. The van der Waals surface area contributed by atoms with Gasteiger partial charge in [-0.1, -0.05) is 59.6 Å². The van der Waals surface area contributed by atoms with Crippen LogP contribution in [0, 0.1) is 23.2 Å². The van der Waals surface area contributed by atoms with Gasteiger partial charge in [0.25, 0.3) is 0 Å². The van der Waals surface area contributed by atoms with Gasteiger partial charge in [0, 0.05) is 34.7 Å². The molecule has 196 valence electrons. The van der Waals surface area contributed by atoms with Crippen LogP contribution >= 0.6 is 23.2 Å². The molecule has 1 saturated heterocycles. The maximum atomic E-state index is 12.8. The Kier molecular flexibility index (Phi) is 8.54. The first kappa shape index (κ1) is 26.6. The van der Waals surface area contributed by atoms with Crippen molar-refractivity contribution in [3.63, 3.8) is 0 Å². The maximum absolute atomic E-state index is 12.8.